The molecule has 6 nitrogen and oxygen atoms in total. The van der Waals surface area contributed by atoms with Gasteiger partial charge >= 0.3 is 0 Å². The van der Waals surface area contributed by atoms with Crippen LogP contribution in [0.4, 0.5) is 10.1 Å². The molecule has 0 radical (unpaired) electrons. The topological polar surface area (TPSA) is 88.3 Å². The van der Waals surface area contributed by atoms with Gasteiger partial charge in [-0.25, -0.2) is 4.39 Å². The number of hydrogen-bond donors (Lipinski definition) is 2. The van der Waals surface area contributed by atoms with Crippen molar-refractivity contribution in [2.24, 2.45) is 11.7 Å². The van der Waals surface area contributed by atoms with Gasteiger partial charge in [0.1, 0.15) is 6.17 Å². The zero-order valence-electron chi connectivity index (χ0n) is 22.0. The molecular formula is C30H35FN4O2S. The molecule has 0 atom stereocenters. The van der Waals surface area contributed by atoms with Crippen LogP contribution in [0, 0.1) is 5.92 Å². The number of anilines is 1. The minimum absolute atomic E-state index is 0.0107. The van der Waals surface area contributed by atoms with E-state index in [2.05, 4.69) is 10.7 Å². The molecule has 0 aliphatic heterocycles. The summed E-state index contributed by atoms with van der Waals surface area (Å²) in [5.74, 6) is 0.405. The monoisotopic (exact) mass is 534 g/mol. The Morgan fingerprint density at radius 1 is 1.13 bits per heavy atom. The SMILES string of the molecule is CC(=O)N(C)[C@H]1CC[C@H](CC(=O)Nc2cnc(-c3ccc([C@]4(N)C[C@H](F)C4)cc3)c(-c3ccsc3)c2)CC1. The number of alkyl halides is 1. The van der Waals surface area contributed by atoms with E-state index in [1.165, 1.54) is 0 Å². The number of pyridine rings is 1. The van der Waals surface area contributed by atoms with Gasteiger partial charge in [0.2, 0.25) is 11.8 Å². The molecule has 2 aromatic heterocycles. The van der Waals surface area contributed by atoms with Crippen LogP contribution in [0.15, 0.2) is 53.4 Å². The highest BCUT2D eigenvalue weighted by atomic mass is 32.1. The van der Waals surface area contributed by atoms with Crippen molar-refractivity contribution in [3.05, 3.63) is 58.9 Å². The van der Waals surface area contributed by atoms with Gasteiger partial charge in [0.05, 0.1) is 17.6 Å². The first-order valence-corrected chi connectivity index (χ1v) is 14.3. The highest BCUT2D eigenvalue weighted by Gasteiger charge is 2.42. The maximum Gasteiger partial charge on any atom is 0.224 e. The van der Waals surface area contributed by atoms with Crippen LogP contribution in [-0.4, -0.2) is 41.0 Å². The number of carbonyl (C=O) groups excluding carboxylic acids is 2. The van der Waals surface area contributed by atoms with E-state index < -0.39 is 11.7 Å². The Morgan fingerprint density at radius 3 is 2.45 bits per heavy atom. The maximum atomic E-state index is 13.5. The molecule has 2 amide bonds. The first kappa shape index (κ1) is 26.5. The van der Waals surface area contributed by atoms with Crippen molar-refractivity contribution < 1.29 is 14.0 Å². The van der Waals surface area contributed by atoms with E-state index in [0.717, 1.165) is 53.6 Å². The molecule has 5 rings (SSSR count). The molecule has 2 fully saturated rings. The number of halogens is 1. The van der Waals surface area contributed by atoms with E-state index in [1.807, 2.05) is 53.7 Å². The van der Waals surface area contributed by atoms with Gasteiger partial charge in [0.15, 0.2) is 0 Å². The van der Waals surface area contributed by atoms with Crippen molar-refractivity contribution in [2.45, 2.75) is 69.6 Å². The normalized spacial score (nSPS) is 24.9. The minimum Gasteiger partial charge on any atom is -0.343 e. The van der Waals surface area contributed by atoms with E-state index in [1.54, 1.807) is 24.5 Å². The number of aromatic nitrogens is 1. The van der Waals surface area contributed by atoms with Crippen LogP contribution in [0.5, 0.6) is 0 Å². The van der Waals surface area contributed by atoms with Crippen LogP contribution >= 0.6 is 11.3 Å². The summed E-state index contributed by atoms with van der Waals surface area (Å²) in [6, 6.07) is 12.2. The van der Waals surface area contributed by atoms with Crippen LogP contribution in [0.2, 0.25) is 0 Å². The van der Waals surface area contributed by atoms with Gasteiger partial charge in [-0.05, 0) is 65.6 Å². The highest BCUT2D eigenvalue weighted by Crippen LogP contribution is 2.42. The molecule has 2 aliphatic rings. The Hall–Kier alpha value is -3.10. The van der Waals surface area contributed by atoms with Crippen molar-refractivity contribution in [3.8, 4) is 22.4 Å². The highest BCUT2D eigenvalue weighted by molar-refractivity contribution is 7.08. The number of thiophene rings is 1. The first-order chi connectivity index (χ1) is 18.2. The molecule has 1 aromatic carbocycles. The Kier molecular flexibility index (Phi) is 7.63. The van der Waals surface area contributed by atoms with Crippen molar-refractivity contribution >= 4 is 28.8 Å². The molecule has 0 unspecified atom stereocenters. The molecule has 3 N–H and O–H groups in total. The van der Waals surface area contributed by atoms with E-state index in [0.29, 0.717) is 30.9 Å². The van der Waals surface area contributed by atoms with Crippen LogP contribution in [0.25, 0.3) is 22.4 Å². The van der Waals surface area contributed by atoms with Crippen LogP contribution in [0.3, 0.4) is 0 Å². The third-order valence-corrected chi connectivity index (χ3v) is 8.93. The van der Waals surface area contributed by atoms with Crippen molar-refractivity contribution in [1.29, 1.82) is 0 Å². The Morgan fingerprint density at radius 2 is 1.84 bits per heavy atom. The van der Waals surface area contributed by atoms with Crippen LogP contribution < -0.4 is 11.1 Å². The summed E-state index contributed by atoms with van der Waals surface area (Å²) >= 11 is 1.61. The van der Waals surface area contributed by atoms with E-state index >= 15 is 0 Å². The summed E-state index contributed by atoms with van der Waals surface area (Å²) in [6.07, 6.45) is 5.83. The lowest BCUT2D eigenvalue weighted by Gasteiger charge is -2.41. The van der Waals surface area contributed by atoms with Gasteiger partial charge in [0, 0.05) is 55.9 Å². The predicted octanol–water partition coefficient (Wildman–Crippen LogP) is 6.13. The fourth-order valence-electron chi connectivity index (χ4n) is 5.79. The third-order valence-electron chi connectivity index (χ3n) is 8.24. The molecule has 0 spiro atoms. The van der Waals surface area contributed by atoms with Crippen LogP contribution in [0.1, 0.15) is 57.4 Å². The number of nitrogens with one attached hydrogen (secondary N) is 1. The molecule has 3 aromatic rings. The number of hydrogen-bond acceptors (Lipinski definition) is 5. The number of nitrogens with zero attached hydrogens (tertiary/aromatic N) is 2. The quantitative estimate of drug-likeness (QED) is 0.382. The molecule has 38 heavy (non-hydrogen) atoms. The number of carbonyl (C=O) groups is 2. The van der Waals surface area contributed by atoms with Gasteiger partial charge in [-0.15, -0.1) is 0 Å². The van der Waals surface area contributed by atoms with Gasteiger partial charge in [-0.3, -0.25) is 14.6 Å². The molecule has 2 aliphatic carbocycles. The molecule has 2 saturated carbocycles. The van der Waals surface area contributed by atoms with E-state index in [-0.39, 0.29) is 17.9 Å². The summed E-state index contributed by atoms with van der Waals surface area (Å²) in [7, 11) is 1.86. The second-order valence-electron chi connectivity index (χ2n) is 10.9. The van der Waals surface area contributed by atoms with Gasteiger partial charge in [-0.2, -0.15) is 11.3 Å². The van der Waals surface area contributed by atoms with Crippen molar-refractivity contribution in [2.75, 3.05) is 12.4 Å². The number of benzene rings is 1. The summed E-state index contributed by atoms with van der Waals surface area (Å²) < 4.78 is 13.5. The average Bonchev–Trinajstić information content (AvgIpc) is 3.43. The lowest BCUT2D eigenvalue weighted by atomic mass is 9.71. The molecule has 2 heterocycles. The maximum absolute atomic E-state index is 13.5. The second-order valence-corrected chi connectivity index (χ2v) is 11.7. The minimum atomic E-state index is -0.822. The lowest BCUT2D eigenvalue weighted by Crippen LogP contribution is -2.50. The fourth-order valence-corrected chi connectivity index (χ4v) is 6.45. The lowest BCUT2D eigenvalue weighted by molar-refractivity contribution is -0.130. The molecular weight excluding hydrogens is 499 g/mol. The molecule has 200 valence electrons. The summed E-state index contributed by atoms with van der Waals surface area (Å²) in [5, 5.41) is 7.15. The summed E-state index contributed by atoms with van der Waals surface area (Å²) in [4.78, 5) is 31.1. The second kappa shape index (κ2) is 10.9. The van der Waals surface area contributed by atoms with Crippen molar-refractivity contribution in [3.63, 3.8) is 0 Å². The van der Waals surface area contributed by atoms with Crippen LogP contribution in [-0.2, 0) is 15.1 Å². The van der Waals surface area contributed by atoms with E-state index in [9.17, 15) is 14.0 Å². The van der Waals surface area contributed by atoms with Crippen molar-refractivity contribution in [1.82, 2.24) is 9.88 Å². The number of rotatable bonds is 7. The van der Waals surface area contributed by atoms with E-state index in [4.69, 9.17) is 10.7 Å². The Balaban J connectivity index is 1.28. The predicted molar refractivity (Wildman–Crippen MR) is 150 cm³/mol. The smallest absolute Gasteiger partial charge is 0.224 e. The summed E-state index contributed by atoms with van der Waals surface area (Å²) in [5.41, 5.74) is 11.1. The summed E-state index contributed by atoms with van der Waals surface area (Å²) in [6.45, 7) is 1.60. The zero-order valence-corrected chi connectivity index (χ0v) is 22.8. The largest absolute Gasteiger partial charge is 0.343 e. The number of nitrogens with two attached hydrogens (primary N) is 1. The molecule has 0 bridgehead atoms. The first-order valence-electron chi connectivity index (χ1n) is 13.3. The Bertz CT molecular complexity index is 1280. The Labute approximate surface area is 227 Å². The number of amides is 2. The van der Waals surface area contributed by atoms with Gasteiger partial charge in [0.25, 0.3) is 0 Å². The fraction of sp³-hybridized carbons (Fsp3) is 0.433. The van der Waals surface area contributed by atoms with Gasteiger partial charge < -0.3 is 16.0 Å². The zero-order chi connectivity index (χ0) is 26.9. The van der Waals surface area contributed by atoms with Gasteiger partial charge in [-0.1, -0.05) is 24.3 Å². The average molecular weight is 535 g/mol. The molecule has 0 saturated heterocycles. The third kappa shape index (κ3) is 5.66. The standard InChI is InChI=1S/C30H35FN4O2S/c1-19(36)35(2)26-9-3-20(4-10-26)13-28(37)34-25-14-27(22-11-12-38-18-22)29(33-17-25)21-5-7-23(8-6-21)30(32)15-24(31)16-30/h5-8,11-12,14,17-18,20,24,26H,3-4,9-10,13,15-16,32H2,1-2H3,(H,34,37)/t20-,24-,26-,30-. The molecule has 8 heteroatoms.